The van der Waals surface area contributed by atoms with E-state index in [1.807, 2.05) is 42.5 Å². The van der Waals surface area contributed by atoms with Crippen LogP contribution in [0.2, 0.25) is 0 Å². The van der Waals surface area contributed by atoms with E-state index < -0.39 is 0 Å². The standard InChI is InChI=1S/C22H28N2O2S/c1-24-14-11-21(12-15-24)26-20-9-7-19(8-10-20)23-22(25)13-16-27-17-18-5-3-2-4-6-18/h2-10,21H,11-17H2,1H3,(H,23,25). The molecule has 0 unspecified atom stereocenters. The minimum Gasteiger partial charge on any atom is -0.490 e. The number of carbonyl (C=O) groups excluding carboxylic acids is 1. The van der Waals surface area contributed by atoms with Gasteiger partial charge in [0.2, 0.25) is 5.91 Å². The van der Waals surface area contributed by atoms with E-state index in [0.717, 1.165) is 48.9 Å². The van der Waals surface area contributed by atoms with Crippen molar-refractivity contribution in [3.05, 3.63) is 60.2 Å². The highest BCUT2D eigenvalue weighted by Crippen LogP contribution is 2.21. The van der Waals surface area contributed by atoms with Gasteiger partial charge in [0.1, 0.15) is 11.9 Å². The third-order valence-electron chi connectivity index (χ3n) is 4.69. The van der Waals surface area contributed by atoms with Crippen LogP contribution >= 0.6 is 11.8 Å². The Balaban J connectivity index is 1.35. The van der Waals surface area contributed by atoms with Gasteiger partial charge in [0.25, 0.3) is 0 Å². The number of thioether (sulfide) groups is 1. The minimum atomic E-state index is 0.0551. The van der Waals surface area contributed by atoms with E-state index in [-0.39, 0.29) is 5.91 Å². The molecular weight excluding hydrogens is 356 g/mol. The summed E-state index contributed by atoms with van der Waals surface area (Å²) >= 11 is 1.78. The number of anilines is 1. The molecule has 4 nitrogen and oxygen atoms in total. The summed E-state index contributed by atoms with van der Waals surface area (Å²) in [6.07, 6.45) is 2.94. The van der Waals surface area contributed by atoms with Crippen molar-refractivity contribution in [2.45, 2.75) is 31.1 Å². The predicted octanol–water partition coefficient (Wildman–Crippen LogP) is 4.42. The number of rotatable bonds is 8. The normalized spacial score (nSPS) is 15.4. The molecule has 27 heavy (non-hydrogen) atoms. The topological polar surface area (TPSA) is 41.6 Å². The zero-order valence-electron chi connectivity index (χ0n) is 15.9. The van der Waals surface area contributed by atoms with Gasteiger partial charge >= 0.3 is 0 Å². The number of ether oxygens (including phenoxy) is 1. The molecule has 1 amide bonds. The molecule has 0 aromatic heterocycles. The summed E-state index contributed by atoms with van der Waals surface area (Å²) in [6.45, 7) is 2.17. The Bertz CT molecular complexity index is 698. The molecule has 1 saturated heterocycles. The maximum Gasteiger partial charge on any atom is 0.225 e. The average Bonchev–Trinajstić information content (AvgIpc) is 2.69. The van der Waals surface area contributed by atoms with Gasteiger partial charge in [0.15, 0.2) is 0 Å². The zero-order chi connectivity index (χ0) is 18.9. The lowest BCUT2D eigenvalue weighted by Gasteiger charge is -2.29. The highest BCUT2D eigenvalue weighted by Gasteiger charge is 2.17. The Morgan fingerprint density at radius 3 is 2.52 bits per heavy atom. The van der Waals surface area contributed by atoms with Crippen LogP contribution in [-0.4, -0.2) is 42.8 Å². The Morgan fingerprint density at radius 2 is 1.81 bits per heavy atom. The van der Waals surface area contributed by atoms with Crippen LogP contribution in [0.1, 0.15) is 24.8 Å². The quantitative estimate of drug-likeness (QED) is 0.684. The molecule has 0 spiro atoms. The molecule has 1 aliphatic heterocycles. The molecule has 3 rings (SSSR count). The molecule has 0 atom stereocenters. The van der Waals surface area contributed by atoms with Gasteiger partial charge < -0.3 is 15.0 Å². The fourth-order valence-corrected chi connectivity index (χ4v) is 3.97. The van der Waals surface area contributed by atoms with Gasteiger partial charge in [0.05, 0.1) is 0 Å². The van der Waals surface area contributed by atoms with Crippen LogP contribution in [0.5, 0.6) is 5.75 Å². The summed E-state index contributed by atoms with van der Waals surface area (Å²) in [4.78, 5) is 14.4. The molecule has 1 N–H and O–H groups in total. The lowest BCUT2D eigenvalue weighted by atomic mass is 10.1. The maximum atomic E-state index is 12.1. The Labute approximate surface area is 166 Å². The van der Waals surface area contributed by atoms with E-state index in [4.69, 9.17) is 4.74 Å². The van der Waals surface area contributed by atoms with Crippen molar-refractivity contribution in [3.63, 3.8) is 0 Å². The van der Waals surface area contributed by atoms with E-state index >= 15 is 0 Å². The number of nitrogens with one attached hydrogen (secondary N) is 1. The largest absolute Gasteiger partial charge is 0.490 e. The number of hydrogen-bond donors (Lipinski definition) is 1. The molecular formula is C22H28N2O2S. The number of benzene rings is 2. The lowest BCUT2D eigenvalue weighted by Crippen LogP contribution is -2.35. The Hall–Kier alpha value is -1.98. The van der Waals surface area contributed by atoms with Crippen LogP contribution < -0.4 is 10.1 Å². The first kappa shape index (κ1) is 19.8. The van der Waals surface area contributed by atoms with Crippen molar-refractivity contribution in [1.29, 1.82) is 0 Å². The van der Waals surface area contributed by atoms with Crippen molar-refractivity contribution in [1.82, 2.24) is 4.90 Å². The van der Waals surface area contributed by atoms with E-state index in [2.05, 4.69) is 29.4 Å². The van der Waals surface area contributed by atoms with Gasteiger partial charge in [0, 0.05) is 36.7 Å². The summed E-state index contributed by atoms with van der Waals surface area (Å²) in [5.41, 5.74) is 2.12. The van der Waals surface area contributed by atoms with Gasteiger partial charge in [-0.25, -0.2) is 0 Å². The predicted molar refractivity (Wildman–Crippen MR) is 113 cm³/mol. The molecule has 1 heterocycles. The Morgan fingerprint density at radius 1 is 1.11 bits per heavy atom. The van der Waals surface area contributed by atoms with Crippen LogP contribution in [0.15, 0.2) is 54.6 Å². The summed E-state index contributed by atoms with van der Waals surface area (Å²) in [6, 6.07) is 18.1. The molecule has 0 saturated carbocycles. The van der Waals surface area contributed by atoms with Crippen LogP contribution in [0.3, 0.4) is 0 Å². The fourth-order valence-electron chi connectivity index (χ4n) is 3.06. The van der Waals surface area contributed by atoms with Crippen molar-refractivity contribution in [2.75, 3.05) is 31.2 Å². The van der Waals surface area contributed by atoms with E-state index in [1.54, 1.807) is 11.8 Å². The van der Waals surface area contributed by atoms with Crippen LogP contribution in [0.25, 0.3) is 0 Å². The number of amides is 1. The van der Waals surface area contributed by atoms with Gasteiger partial charge in [-0.2, -0.15) is 11.8 Å². The second-order valence-corrected chi connectivity index (χ2v) is 8.09. The molecule has 0 aliphatic carbocycles. The van der Waals surface area contributed by atoms with Gasteiger partial charge in [-0.15, -0.1) is 0 Å². The molecule has 2 aromatic rings. The van der Waals surface area contributed by atoms with E-state index in [0.29, 0.717) is 12.5 Å². The summed E-state index contributed by atoms with van der Waals surface area (Å²) in [5, 5.41) is 2.96. The number of nitrogens with zero attached hydrogens (tertiary/aromatic N) is 1. The Kier molecular flexibility index (Phi) is 7.60. The monoisotopic (exact) mass is 384 g/mol. The van der Waals surface area contributed by atoms with Crippen LogP contribution in [0.4, 0.5) is 5.69 Å². The zero-order valence-corrected chi connectivity index (χ0v) is 16.7. The summed E-state index contributed by atoms with van der Waals surface area (Å²) in [7, 11) is 2.15. The molecule has 1 fully saturated rings. The fraction of sp³-hybridized carbons (Fsp3) is 0.409. The van der Waals surface area contributed by atoms with Gasteiger partial charge in [-0.1, -0.05) is 30.3 Å². The molecule has 1 aliphatic rings. The lowest BCUT2D eigenvalue weighted by molar-refractivity contribution is -0.115. The van der Waals surface area contributed by atoms with Crippen LogP contribution in [-0.2, 0) is 10.5 Å². The summed E-state index contributed by atoms with van der Waals surface area (Å²) < 4.78 is 6.04. The van der Waals surface area contributed by atoms with Crippen molar-refractivity contribution < 1.29 is 9.53 Å². The third-order valence-corrected chi connectivity index (χ3v) is 5.72. The van der Waals surface area contributed by atoms with E-state index in [9.17, 15) is 4.79 Å². The van der Waals surface area contributed by atoms with Crippen molar-refractivity contribution in [2.24, 2.45) is 0 Å². The van der Waals surface area contributed by atoms with Crippen LogP contribution in [0, 0.1) is 0 Å². The molecule has 2 aromatic carbocycles. The second kappa shape index (κ2) is 10.4. The van der Waals surface area contributed by atoms with E-state index in [1.165, 1.54) is 5.56 Å². The molecule has 0 radical (unpaired) electrons. The molecule has 0 bridgehead atoms. The smallest absolute Gasteiger partial charge is 0.225 e. The number of carbonyl (C=O) groups is 1. The highest BCUT2D eigenvalue weighted by molar-refractivity contribution is 7.98. The first-order valence-corrected chi connectivity index (χ1v) is 10.7. The minimum absolute atomic E-state index is 0.0551. The van der Waals surface area contributed by atoms with Gasteiger partial charge in [-0.05, 0) is 49.7 Å². The maximum absolute atomic E-state index is 12.1. The number of piperidine rings is 1. The molecule has 144 valence electrons. The average molecular weight is 385 g/mol. The highest BCUT2D eigenvalue weighted by atomic mass is 32.2. The number of likely N-dealkylation sites (tertiary alicyclic amines) is 1. The van der Waals surface area contributed by atoms with Crippen molar-refractivity contribution >= 4 is 23.4 Å². The first-order valence-electron chi connectivity index (χ1n) is 9.56. The second-order valence-electron chi connectivity index (χ2n) is 6.98. The number of hydrogen-bond acceptors (Lipinski definition) is 4. The summed E-state index contributed by atoms with van der Waals surface area (Å²) in [5.74, 6) is 2.69. The first-order chi connectivity index (χ1) is 13.2. The van der Waals surface area contributed by atoms with Gasteiger partial charge in [-0.3, -0.25) is 4.79 Å². The SMILES string of the molecule is CN1CCC(Oc2ccc(NC(=O)CCSCc3ccccc3)cc2)CC1. The molecule has 5 heteroatoms. The van der Waals surface area contributed by atoms with Crippen molar-refractivity contribution in [3.8, 4) is 5.75 Å². The third kappa shape index (κ3) is 6.92.